The van der Waals surface area contributed by atoms with E-state index >= 15 is 0 Å². The molecule has 162 valence electrons. The van der Waals surface area contributed by atoms with Crippen LogP contribution in [0.25, 0.3) is 0 Å². The largest absolute Gasteiger partial charge is 0.481 e. The van der Waals surface area contributed by atoms with Gasteiger partial charge in [0, 0.05) is 23.8 Å². The lowest BCUT2D eigenvalue weighted by molar-refractivity contribution is -0.146. The second-order valence-corrected chi connectivity index (χ2v) is 9.29. The van der Waals surface area contributed by atoms with E-state index in [0.29, 0.717) is 30.0 Å². The highest BCUT2D eigenvalue weighted by Crippen LogP contribution is 2.48. The molecule has 0 unspecified atom stereocenters. The average molecular weight is 440 g/mol. The van der Waals surface area contributed by atoms with Gasteiger partial charge in [-0.05, 0) is 48.8 Å². The Labute approximate surface area is 184 Å². The molecule has 0 radical (unpaired) electrons. The first kappa shape index (κ1) is 21.2. The van der Waals surface area contributed by atoms with Crippen LogP contribution in [0.3, 0.4) is 0 Å². The molecule has 2 heterocycles. The van der Waals surface area contributed by atoms with E-state index in [0.717, 1.165) is 16.0 Å². The van der Waals surface area contributed by atoms with E-state index in [1.165, 1.54) is 11.3 Å². The van der Waals surface area contributed by atoms with Crippen LogP contribution in [0.4, 0.5) is 5.00 Å². The maximum atomic E-state index is 13.1. The van der Waals surface area contributed by atoms with Crippen molar-refractivity contribution < 1.29 is 19.5 Å². The summed E-state index contributed by atoms with van der Waals surface area (Å²) in [6.45, 7) is 4.23. The number of carbonyl (C=O) groups is 3. The number of nitrogens with zero attached hydrogens (tertiary/aromatic N) is 1. The molecule has 1 fully saturated rings. The maximum absolute atomic E-state index is 13.1. The third kappa shape index (κ3) is 3.99. The number of amides is 2. The monoisotopic (exact) mass is 439 g/mol. The Bertz CT molecular complexity index is 1050. The number of thiophene rings is 1. The minimum absolute atomic E-state index is 0.0688. The van der Waals surface area contributed by atoms with Gasteiger partial charge in [0.2, 0.25) is 5.91 Å². The Hall–Kier alpha value is -3.00. The average Bonchev–Trinajstić information content (AvgIpc) is 3.45. The van der Waals surface area contributed by atoms with E-state index < -0.39 is 17.8 Å². The molecule has 2 aromatic rings. The minimum atomic E-state index is -0.942. The molecule has 0 saturated heterocycles. The lowest BCUT2D eigenvalue weighted by Crippen LogP contribution is -2.36. The van der Waals surface area contributed by atoms with Crippen LogP contribution in [0.1, 0.15) is 39.7 Å². The lowest BCUT2D eigenvalue weighted by atomic mass is 9.82. The summed E-state index contributed by atoms with van der Waals surface area (Å²) in [4.78, 5) is 43.0. The maximum Gasteiger partial charge on any atom is 0.307 e. The molecule has 1 saturated carbocycles. The fourth-order valence-electron chi connectivity index (χ4n) is 4.82. The van der Waals surface area contributed by atoms with Crippen LogP contribution in [0.2, 0.25) is 0 Å². The Morgan fingerprint density at radius 3 is 2.61 bits per heavy atom. The van der Waals surface area contributed by atoms with E-state index in [2.05, 4.69) is 15.6 Å². The molecule has 0 aliphatic heterocycles. The predicted octanol–water partition coefficient (Wildman–Crippen LogP) is 3.41. The number of aliphatic carboxylic acids is 1. The number of fused-ring (bicyclic) bond motifs is 2. The van der Waals surface area contributed by atoms with E-state index in [9.17, 15) is 19.5 Å². The molecule has 0 aromatic carbocycles. The van der Waals surface area contributed by atoms with Gasteiger partial charge >= 0.3 is 5.97 Å². The Balaban J connectivity index is 1.56. The fourth-order valence-corrected chi connectivity index (χ4v) is 5.96. The van der Waals surface area contributed by atoms with Gasteiger partial charge in [-0.2, -0.15) is 0 Å². The Morgan fingerprint density at radius 1 is 1.23 bits per heavy atom. The third-order valence-electron chi connectivity index (χ3n) is 6.25. The number of nitrogens with one attached hydrogen (secondary N) is 2. The molecular weight excluding hydrogens is 414 g/mol. The van der Waals surface area contributed by atoms with Gasteiger partial charge in [-0.25, -0.2) is 0 Å². The van der Waals surface area contributed by atoms with Crippen molar-refractivity contribution >= 4 is 34.1 Å². The van der Waals surface area contributed by atoms with E-state index in [-0.39, 0.29) is 23.7 Å². The zero-order chi connectivity index (χ0) is 22.1. The van der Waals surface area contributed by atoms with Crippen molar-refractivity contribution in [3.8, 4) is 0 Å². The highest BCUT2D eigenvalue weighted by Gasteiger charge is 2.51. The van der Waals surface area contributed by atoms with Gasteiger partial charge < -0.3 is 15.7 Å². The zero-order valence-electron chi connectivity index (χ0n) is 17.4. The summed E-state index contributed by atoms with van der Waals surface area (Å²) in [7, 11) is 0. The first-order valence-corrected chi connectivity index (χ1v) is 11.2. The number of hydrogen-bond acceptors (Lipinski definition) is 5. The van der Waals surface area contributed by atoms with Gasteiger partial charge in [0.05, 0.1) is 17.4 Å². The molecule has 0 spiro atoms. The molecule has 31 heavy (non-hydrogen) atoms. The smallest absolute Gasteiger partial charge is 0.307 e. The zero-order valence-corrected chi connectivity index (χ0v) is 18.2. The summed E-state index contributed by atoms with van der Waals surface area (Å²) in [6, 6.07) is 3.69. The topological polar surface area (TPSA) is 108 Å². The second kappa shape index (κ2) is 8.63. The number of carbonyl (C=O) groups excluding carboxylic acids is 2. The lowest BCUT2D eigenvalue weighted by Gasteiger charge is -2.23. The molecule has 2 bridgehead atoms. The summed E-state index contributed by atoms with van der Waals surface area (Å²) >= 11 is 1.36. The molecule has 2 aliphatic rings. The number of anilines is 1. The fraction of sp³-hybridized carbons (Fsp3) is 0.391. The molecule has 2 aliphatic carbocycles. The number of hydrogen-bond donors (Lipinski definition) is 3. The van der Waals surface area contributed by atoms with Gasteiger partial charge in [-0.15, -0.1) is 11.3 Å². The van der Waals surface area contributed by atoms with Gasteiger partial charge in [0.1, 0.15) is 5.00 Å². The van der Waals surface area contributed by atoms with E-state index in [1.54, 1.807) is 12.4 Å². The van der Waals surface area contributed by atoms with Crippen molar-refractivity contribution in [1.29, 1.82) is 0 Å². The molecule has 2 amide bonds. The van der Waals surface area contributed by atoms with Crippen molar-refractivity contribution in [2.45, 2.75) is 33.2 Å². The minimum Gasteiger partial charge on any atom is -0.481 e. The van der Waals surface area contributed by atoms with Gasteiger partial charge in [-0.1, -0.05) is 25.1 Å². The van der Waals surface area contributed by atoms with Crippen LogP contribution in [0, 0.1) is 30.6 Å². The third-order valence-corrected chi connectivity index (χ3v) is 7.31. The molecule has 4 atom stereocenters. The van der Waals surface area contributed by atoms with E-state index in [1.807, 2.05) is 38.1 Å². The van der Waals surface area contributed by atoms with Crippen LogP contribution < -0.4 is 10.6 Å². The Kier molecular flexibility index (Phi) is 5.91. The number of pyridine rings is 1. The van der Waals surface area contributed by atoms with Crippen LogP contribution in [0.5, 0.6) is 0 Å². The van der Waals surface area contributed by atoms with Gasteiger partial charge in [0.25, 0.3) is 5.91 Å². The highest BCUT2D eigenvalue weighted by atomic mass is 32.1. The van der Waals surface area contributed by atoms with Crippen molar-refractivity contribution in [3.05, 3.63) is 58.2 Å². The molecule has 4 rings (SSSR count). The quantitative estimate of drug-likeness (QED) is 0.573. The summed E-state index contributed by atoms with van der Waals surface area (Å²) in [6.07, 6.45) is 8.57. The van der Waals surface area contributed by atoms with Gasteiger partial charge in [0.15, 0.2) is 0 Å². The summed E-state index contributed by atoms with van der Waals surface area (Å²) in [5.41, 5.74) is 2.24. The van der Waals surface area contributed by atoms with Gasteiger partial charge in [-0.3, -0.25) is 19.4 Å². The second-order valence-electron chi connectivity index (χ2n) is 8.07. The number of carboxylic acid groups (broad SMARTS) is 1. The number of rotatable bonds is 7. The van der Waals surface area contributed by atoms with Crippen LogP contribution in [0.15, 0.2) is 36.7 Å². The van der Waals surface area contributed by atoms with Crippen LogP contribution in [-0.4, -0.2) is 27.9 Å². The van der Waals surface area contributed by atoms with Crippen LogP contribution in [-0.2, 0) is 22.6 Å². The normalized spacial score (nSPS) is 23.7. The summed E-state index contributed by atoms with van der Waals surface area (Å²) in [5, 5.41) is 16.0. The molecule has 2 aromatic heterocycles. The standard InChI is InChI=1S/C23H25N3O4S/c1-3-16-12(2)31-22(19(16)20(27)25-11-13-5-4-8-24-10-13)26-21(28)17-14-6-7-15(9-14)18(17)23(29)30/h4-8,10,14-15,17-18H,3,9,11H2,1-2H3,(H,25,27)(H,26,28)(H,29,30)/t14-,15+,17+,18+/m1/s1. The number of allylic oxidation sites excluding steroid dienone is 2. The first-order valence-electron chi connectivity index (χ1n) is 10.4. The summed E-state index contributed by atoms with van der Waals surface area (Å²) < 4.78 is 0. The molecule has 8 heteroatoms. The Morgan fingerprint density at radius 2 is 1.97 bits per heavy atom. The van der Waals surface area contributed by atoms with Crippen molar-refractivity contribution in [2.24, 2.45) is 23.7 Å². The number of aromatic nitrogens is 1. The SMILES string of the molecule is CCc1c(C)sc(NC(=O)[C@@H]2[C@@H](C(=O)O)[C@H]3C=C[C@@H]2C3)c1C(=O)NCc1cccnc1. The molecule has 3 N–H and O–H groups in total. The van der Waals surface area contributed by atoms with Crippen molar-refractivity contribution in [1.82, 2.24) is 10.3 Å². The molecular formula is C23H25N3O4S. The summed E-state index contributed by atoms with van der Waals surface area (Å²) in [5.74, 6) is -3.03. The highest BCUT2D eigenvalue weighted by molar-refractivity contribution is 7.16. The molecule has 7 nitrogen and oxygen atoms in total. The number of aryl methyl sites for hydroxylation is 1. The van der Waals surface area contributed by atoms with Crippen molar-refractivity contribution in [3.63, 3.8) is 0 Å². The first-order chi connectivity index (χ1) is 14.9. The predicted molar refractivity (Wildman–Crippen MR) is 118 cm³/mol. The van der Waals surface area contributed by atoms with E-state index in [4.69, 9.17) is 0 Å². The van der Waals surface area contributed by atoms with Crippen molar-refractivity contribution in [2.75, 3.05) is 5.32 Å². The number of carboxylic acids is 1. The van der Waals surface area contributed by atoms with Crippen LogP contribution >= 0.6 is 11.3 Å².